The van der Waals surface area contributed by atoms with Crippen LogP contribution >= 0.6 is 0 Å². The molecule has 0 saturated carbocycles. The number of hydrogen-bond acceptors (Lipinski definition) is 3. The highest BCUT2D eigenvalue weighted by Gasteiger charge is 2.03. The lowest BCUT2D eigenvalue weighted by Crippen LogP contribution is -1.99. The van der Waals surface area contributed by atoms with Crippen LogP contribution in [0.5, 0.6) is 0 Å². The zero-order valence-corrected chi connectivity index (χ0v) is 10.7. The number of nitrogen functional groups attached to an aromatic ring is 1. The molecule has 2 rings (SSSR count). The number of methoxy groups -OCH3 is 1. The van der Waals surface area contributed by atoms with Crippen LogP contribution in [0.2, 0.25) is 0 Å². The zero-order valence-electron chi connectivity index (χ0n) is 10.7. The van der Waals surface area contributed by atoms with Gasteiger partial charge in [0.05, 0.1) is 6.61 Å². The van der Waals surface area contributed by atoms with Crippen LogP contribution in [0.1, 0.15) is 11.1 Å². The van der Waals surface area contributed by atoms with Crippen molar-refractivity contribution in [1.82, 2.24) is 0 Å². The third-order valence-corrected chi connectivity index (χ3v) is 2.84. The first-order chi connectivity index (χ1) is 8.70. The van der Waals surface area contributed by atoms with Crippen molar-refractivity contribution in [3.63, 3.8) is 0 Å². The van der Waals surface area contributed by atoms with E-state index >= 15 is 0 Å². The van der Waals surface area contributed by atoms with Crippen LogP contribution in [0.15, 0.2) is 42.5 Å². The number of ether oxygens (including phenoxy) is 1. The molecular weight excluding hydrogens is 224 g/mol. The average molecular weight is 242 g/mol. The number of aryl methyl sites for hydroxylation is 1. The quantitative estimate of drug-likeness (QED) is 0.807. The third kappa shape index (κ3) is 2.81. The molecule has 0 heterocycles. The Kier molecular flexibility index (Phi) is 3.85. The van der Waals surface area contributed by atoms with Crippen molar-refractivity contribution < 1.29 is 4.74 Å². The first-order valence-electron chi connectivity index (χ1n) is 5.90. The van der Waals surface area contributed by atoms with Crippen molar-refractivity contribution >= 4 is 17.1 Å². The summed E-state index contributed by atoms with van der Waals surface area (Å²) in [5.41, 5.74) is 10.9. The highest BCUT2D eigenvalue weighted by atomic mass is 16.5. The molecule has 0 saturated heterocycles. The summed E-state index contributed by atoms with van der Waals surface area (Å²) in [6, 6.07) is 14.0. The van der Waals surface area contributed by atoms with Gasteiger partial charge in [0, 0.05) is 29.7 Å². The van der Waals surface area contributed by atoms with Gasteiger partial charge in [0.2, 0.25) is 0 Å². The van der Waals surface area contributed by atoms with Gasteiger partial charge in [0.1, 0.15) is 0 Å². The van der Waals surface area contributed by atoms with Crippen LogP contribution < -0.4 is 11.1 Å². The minimum Gasteiger partial charge on any atom is -0.399 e. The minimum absolute atomic E-state index is 0.594. The normalized spacial score (nSPS) is 10.3. The topological polar surface area (TPSA) is 47.3 Å². The predicted octanol–water partition coefficient (Wildman–Crippen LogP) is 3.47. The summed E-state index contributed by atoms with van der Waals surface area (Å²) in [5.74, 6) is 0. The number of para-hydroxylation sites is 1. The molecule has 3 heteroatoms. The molecule has 0 spiro atoms. The van der Waals surface area contributed by atoms with E-state index in [2.05, 4.69) is 11.4 Å². The second-order valence-electron chi connectivity index (χ2n) is 4.29. The van der Waals surface area contributed by atoms with Gasteiger partial charge >= 0.3 is 0 Å². The Hall–Kier alpha value is -2.00. The molecular formula is C15H18N2O. The van der Waals surface area contributed by atoms with Crippen LogP contribution in [0.25, 0.3) is 0 Å². The molecule has 2 aromatic rings. The van der Waals surface area contributed by atoms with Crippen molar-refractivity contribution in [2.24, 2.45) is 0 Å². The first kappa shape index (κ1) is 12.5. The largest absolute Gasteiger partial charge is 0.399 e. The molecule has 0 bridgehead atoms. The maximum Gasteiger partial charge on any atom is 0.0733 e. The fraction of sp³-hybridized carbons (Fsp3) is 0.200. The maximum absolute atomic E-state index is 5.75. The number of nitrogens with one attached hydrogen (secondary N) is 1. The molecule has 0 unspecified atom stereocenters. The van der Waals surface area contributed by atoms with Crippen LogP contribution in [-0.4, -0.2) is 7.11 Å². The molecule has 0 amide bonds. The van der Waals surface area contributed by atoms with Crippen molar-refractivity contribution in [2.45, 2.75) is 13.5 Å². The average Bonchev–Trinajstić information content (AvgIpc) is 2.35. The summed E-state index contributed by atoms with van der Waals surface area (Å²) in [6.07, 6.45) is 0. The fourth-order valence-corrected chi connectivity index (χ4v) is 1.90. The monoisotopic (exact) mass is 242 g/mol. The first-order valence-corrected chi connectivity index (χ1v) is 5.90. The van der Waals surface area contributed by atoms with Gasteiger partial charge in [-0.05, 0) is 36.8 Å². The Balaban J connectivity index is 2.28. The summed E-state index contributed by atoms with van der Waals surface area (Å²) in [7, 11) is 1.70. The SMILES string of the molecule is COCc1ccccc1Nc1ccc(N)cc1C. The van der Waals surface area contributed by atoms with E-state index < -0.39 is 0 Å². The van der Waals surface area contributed by atoms with Gasteiger partial charge in [-0.25, -0.2) is 0 Å². The summed E-state index contributed by atoms with van der Waals surface area (Å²) >= 11 is 0. The lowest BCUT2D eigenvalue weighted by molar-refractivity contribution is 0.185. The number of anilines is 3. The minimum atomic E-state index is 0.594. The van der Waals surface area contributed by atoms with Crippen LogP contribution in [0.3, 0.4) is 0 Å². The van der Waals surface area contributed by atoms with E-state index in [9.17, 15) is 0 Å². The second-order valence-corrected chi connectivity index (χ2v) is 4.29. The number of benzene rings is 2. The summed E-state index contributed by atoms with van der Waals surface area (Å²) in [4.78, 5) is 0. The molecule has 0 aliphatic carbocycles. The van der Waals surface area contributed by atoms with E-state index in [4.69, 9.17) is 10.5 Å². The van der Waals surface area contributed by atoms with Crippen molar-refractivity contribution in [1.29, 1.82) is 0 Å². The van der Waals surface area contributed by atoms with Crippen molar-refractivity contribution in [2.75, 3.05) is 18.2 Å². The fourth-order valence-electron chi connectivity index (χ4n) is 1.90. The van der Waals surface area contributed by atoms with Crippen molar-refractivity contribution in [3.05, 3.63) is 53.6 Å². The lowest BCUT2D eigenvalue weighted by Gasteiger charge is -2.13. The number of rotatable bonds is 4. The van der Waals surface area contributed by atoms with Crippen LogP contribution in [-0.2, 0) is 11.3 Å². The van der Waals surface area contributed by atoms with Gasteiger partial charge in [0.15, 0.2) is 0 Å². The molecule has 94 valence electrons. The zero-order chi connectivity index (χ0) is 13.0. The molecule has 0 aromatic heterocycles. The van der Waals surface area contributed by atoms with Crippen molar-refractivity contribution in [3.8, 4) is 0 Å². The molecule has 3 N–H and O–H groups in total. The Morgan fingerprint density at radius 2 is 1.89 bits per heavy atom. The van der Waals surface area contributed by atoms with E-state index in [1.54, 1.807) is 7.11 Å². The molecule has 3 nitrogen and oxygen atoms in total. The van der Waals surface area contributed by atoms with Gasteiger partial charge in [-0.3, -0.25) is 0 Å². The molecule has 0 fully saturated rings. The highest BCUT2D eigenvalue weighted by Crippen LogP contribution is 2.25. The van der Waals surface area contributed by atoms with E-state index in [0.717, 1.165) is 28.2 Å². The Bertz CT molecular complexity index is 538. The van der Waals surface area contributed by atoms with Gasteiger partial charge in [0.25, 0.3) is 0 Å². The predicted molar refractivity (Wildman–Crippen MR) is 76.0 cm³/mol. The van der Waals surface area contributed by atoms with E-state index in [0.29, 0.717) is 6.61 Å². The molecule has 0 radical (unpaired) electrons. The molecule has 0 aliphatic heterocycles. The number of hydrogen-bond donors (Lipinski definition) is 2. The third-order valence-electron chi connectivity index (χ3n) is 2.84. The summed E-state index contributed by atoms with van der Waals surface area (Å²) in [6.45, 7) is 2.63. The van der Waals surface area contributed by atoms with Crippen LogP contribution in [0.4, 0.5) is 17.1 Å². The van der Waals surface area contributed by atoms with E-state index in [1.807, 2.05) is 43.3 Å². The standard InChI is InChI=1S/C15H18N2O/c1-11-9-13(16)7-8-14(11)17-15-6-4-3-5-12(15)10-18-2/h3-9,17H,10,16H2,1-2H3. The summed E-state index contributed by atoms with van der Waals surface area (Å²) < 4.78 is 5.20. The molecule has 0 atom stereocenters. The molecule has 0 aliphatic rings. The lowest BCUT2D eigenvalue weighted by atomic mass is 10.1. The highest BCUT2D eigenvalue weighted by molar-refractivity contribution is 5.67. The van der Waals surface area contributed by atoms with Gasteiger partial charge in [-0.1, -0.05) is 18.2 Å². The Morgan fingerprint density at radius 3 is 2.61 bits per heavy atom. The molecule has 18 heavy (non-hydrogen) atoms. The van der Waals surface area contributed by atoms with Gasteiger partial charge in [-0.15, -0.1) is 0 Å². The Labute approximate surface area is 108 Å². The number of nitrogens with two attached hydrogens (primary N) is 1. The summed E-state index contributed by atoms with van der Waals surface area (Å²) in [5, 5.41) is 3.42. The van der Waals surface area contributed by atoms with E-state index in [1.165, 1.54) is 0 Å². The van der Waals surface area contributed by atoms with E-state index in [-0.39, 0.29) is 0 Å². The Morgan fingerprint density at radius 1 is 1.11 bits per heavy atom. The molecule has 2 aromatic carbocycles. The van der Waals surface area contributed by atoms with Crippen LogP contribution in [0, 0.1) is 6.92 Å². The maximum atomic E-state index is 5.75. The van der Waals surface area contributed by atoms with Gasteiger partial charge in [-0.2, -0.15) is 0 Å². The second kappa shape index (κ2) is 5.56. The van der Waals surface area contributed by atoms with Gasteiger partial charge < -0.3 is 15.8 Å². The smallest absolute Gasteiger partial charge is 0.0733 e.